The number of nitro benzene ring substituents is 1. The minimum Gasteiger partial charge on any atom is -0.354 e. The summed E-state index contributed by atoms with van der Waals surface area (Å²) in [4.78, 5) is 22.2. The third kappa shape index (κ3) is 3.73. The topological polar surface area (TPSA) is 90.7 Å². The van der Waals surface area contributed by atoms with Crippen LogP contribution < -0.4 is 5.32 Å². The molecule has 0 aliphatic carbocycles. The molecule has 1 aromatic rings. The third-order valence-electron chi connectivity index (χ3n) is 2.70. The zero-order chi connectivity index (χ0) is 14.4. The number of carbonyl (C=O) groups is 1. The first-order valence-corrected chi connectivity index (χ1v) is 5.59. The maximum Gasteiger partial charge on any atom is 0.273 e. The first-order valence-electron chi connectivity index (χ1n) is 5.59. The van der Waals surface area contributed by atoms with Crippen molar-refractivity contribution in [2.24, 2.45) is 0 Å². The van der Waals surface area contributed by atoms with Crippen LogP contribution in [0.15, 0.2) is 18.2 Å². The van der Waals surface area contributed by atoms with Crippen LogP contribution in [0.1, 0.15) is 15.9 Å². The Hall–Kier alpha value is -1.99. The van der Waals surface area contributed by atoms with E-state index in [2.05, 4.69) is 5.32 Å². The maximum absolute atomic E-state index is 11.9. The van der Waals surface area contributed by atoms with Gasteiger partial charge in [0.15, 0.2) is 6.29 Å². The second-order valence-corrected chi connectivity index (χ2v) is 3.82. The van der Waals surface area contributed by atoms with Gasteiger partial charge in [0.1, 0.15) is 0 Å². The molecular formula is C12H16N2O5. The van der Waals surface area contributed by atoms with E-state index in [9.17, 15) is 14.9 Å². The van der Waals surface area contributed by atoms with Crippen LogP contribution in [0.2, 0.25) is 0 Å². The van der Waals surface area contributed by atoms with Gasteiger partial charge in [0.05, 0.1) is 11.5 Å². The number of methoxy groups -OCH3 is 2. The van der Waals surface area contributed by atoms with Gasteiger partial charge >= 0.3 is 0 Å². The van der Waals surface area contributed by atoms with Crippen molar-refractivity contribution in [3.63, 3.8) is 0 Å². The molecule has 104 valence electrons. The lowest BCUT2D eigenvalue weighted by atomic mass is 10.1. The lowest BCUT2D eigenvalue weighted by Crippen LogP contribution is -2.34. The molecule has 7 heteroatoms. The highest BCUT2D eigenvalue weighted by Gasteiger charge is 2.18. The molecule has 0 spiro atoms. The van der Waals surface area contributed by atoms with Crippen molar-refractivity contribution in [2.75, 3.05) is 20.8 Å². The van der Waals surface area contributed by atoms with Gasteiger partial charge in [-0.2, -0.15) is 0 Å². The molecule has 19 heavy (non-hydrogen) atoms. The highest BCUT2D eigenvalue weighted by atomic mass is 16.7. The molecule has 1 rings (SSSR count). The Kier molecular flexibility index (Phi) is 5.40. The minimum absolute atomic E-state index is 0.0808. The van der Waals surface area contributed by atoms with E-state index in [1.54, 1.807) is 0 Å². The fourth-order valence-electron chi connectivity index (χ4n) is 1.60. The molecule has 1 amide bonds. The molecule has 0 bridgehead atoms. The number of nitrogens with zero attached hydrogens (tertiary/aromatic N) is 1. The summed E-state index contributed by atoms with van der Waals surface area (Å²) in [5.74, 6) is -0.402. The molecule has 0 heterocycles. The molecule has 0 fully saturated rings. The number of carbonyl (C=O) groups excluding carboxylic acids is 1. The highest BCUT2D eigenvalue weighted by molar-refractivity contribution is 5.96. The molecule has 0 radical (unpaired) electrons. The van der Waals surface area contributed by atoms with Crippen LogP contribution in [0.25, 0.3) is 0 Å². The standard InChI is InChI=1S/C12H16N2O5/c1-8-9(5-4-6-10(8)14(16)17)12(15)13-7-11(18-2)19-3/h4-6,11H,7H2,1-3H3,(H,13,15). The monoisotopic (exact) mass is 268 g/mol. The number of benzene rings is 1. The Morgan fingerprint density at radius 2 is 2.05 bits per heavy atom. The van der Waals surface area contributed by atoms with E-state index in [0.29, 0.717) is 5.56 Å². The highest BCUT2D eigenvalue weighted by Crippen LogP contribution is 2.20. The summed E-state index contributed by atoms with van der Waals surface area (Å²) in [6.45, 7) is 1.70. The Labute approximate surface area is 110 Å². The molecule has 1 N–H and O–H groups in total. The molecule has 0 saturated heterocycles. The summed E-state index contributed by atoms with van der Waals surface area (Å²) in [5.41, 5.74) is 0.513. The van der Waals surface area contributed by atoms with E-state index < -0.39 is 17.1 Å². The molecule has 1 aromatic carbocycles. The molecule has 0 atom stereocenters. The smallest absolute Gasteiger partial charge is 0.273 e. The average Bonchev–Trinajstić information content (AvgIpc) is 2.39. The van der Waals surface area contributed by atoms with E-state index in [0.717, 1.165) is 0 Å². The molecule has 0 aliphatic rings. The van der Waals surface area contributed by atoms with Crippen LogP contribution in [0.3, 0.4) is 0 Å². The average molecular weight is 268 g/mol. The van der Waals surface area contributed by atoms with Crippen LogP contribution >= 0.6 is 0 Å². The molecule has 0 aliphatic heterocycles. The SMILES string of the molecule is COC(CNC(=O)c1cccc([N+](=O)[O-])c1C)OC. The zero-order valence-electron chi connectivity index (χ0n) is 11.0. The first-order chi connectivity index (χ1) is 9.01. The van der Waals surface area contributed by atoms with Gasteiger partial charge in [0.25, 0.3) is 11.6 Å². The van der Waals surface area contributed by atoms with Gasteiger partial charge < -0.3 is 14.8 Å². The number of hydrogen-bond donors (Lipinski definition) is 1. The predicted molar refractivity (Wildman–Crippen MR) is 68.0 cm³/mol. The number of amides is 1. The summed E-state index contributed by atoms with van der Waals surface area (Å²) < 4.78 is 9.87. The van der Waals surface area contributed by atoms with E-state index in [1.807, 2.05) is 0 Å². The normalized spacial score (nSPS) is 10.5. The molecule has 0 unspecified atom stereocenters. The van der Waals surface area contributed by atoms with Crippen LogP contribution in [0.4, 0.5) is 5.69 Å². The summed E-state index contributed by atoms with van der Waals surface area (Å²) in [5, 5.41) is 13.4. The molecular weight excluding hydrogens is 252 g/mol. The van der Waals surface area contributed by atoms with Gasteiger partial charge in [-0.25, -0.2) is 0 Å². The van der Waals surface area contributed by atoms with Crippen molar-refractivity contribution < 1.29 is 19.2 Å². The number of nitro groups is 1. The van der Waals surface area contributed by atoms with Crippen LogP contribution in [0.5, 0.6) is 0 Å². The predicted octanol–water partition coefficient (Wildman–Crippen LogP) is 1.25. The number of nitrogens with one attached hydrogen (secondary N) is 1. The third-order valence-corrected chi connectivity index (χ3v) is 2.70. The van der Waals surface area contributed by atoms with Crippen molar-refractivity contribution in [1.82, 2.24) is 5.32 Å². The summed E-state index contributed by atoms with van der Waals surface area (Å²) in [7, 11) is 2.91. The van der Waals surface area contributed by atoms with Crippen molar-refractivity contribution in [3.05, 3.63) is 39.4 Å². The van der Waals surface area contributed by atoms with Crippen molar-refractivity contribution >= 4 is 11.6 Å². The minimum atomic E-state index is -0.553. The van der Waals surface area contributed by atoms with Crippen LogP contribution in [0, 0.1) is 17.0 Å². The number of ether oxygens (including phenoxy) is 2. The van der Waals surface area contributed by atoms with Crippen molar-refractivity contribution in [2.45, 2.75) is 13.2 Å². The van der Waals surface area contributed by atoms with Gasteiger partial charge in [0.2, 0.25) is 0 Å². The zero-order valence-corrected chi connectivity index (χ0v) is 11.0. The second-order valence-electron chi connectivity index (χ2n) is 3.82. The van der Waals surface area contributed by atoms with Gasteiger partial charge in [0, 0.05) is 31.4 Å². The lowest BCUT2D eigenvalue weighted by molar-refractivity contribution is -0.385. The fraction of sp³-hybridized carbons (Fsp3) is 0.417. The summed E-state index contributed by atoms with van der Waals surface area (Å²) in [6, 6.07) is 4.37. The second kappa shape index (κ2) is 6.81. The molecule has 0 aromatic heterocycles. The fourth-order valence-corrected chi connectivity index (χ4v) is 1.60. The van der Waals surface area contributed by atoms with Crippen LogP contribution in [-0.4, -0.2) is 37.9 Å². The number of hydrogen-bond acceptors (Lipinski definition) is 5. The first kappa shape index (κ1) is 15.1. The Morgan fingerprint density at radius 3 is 2.58 bits per heavy atom. The van der Waals surface area contributed by atoms with E-state index >= 15 is 0 Å². The van der Waals surface area contributed by atoms with Crippen molar-refractivity contribution in [3.8, 4) is 0 Å². The van der Waals surface area contributed by atoms with Crippen molar-refractivity contribution in [1.29, 1.82) is 0 Å². The van der Waals surface area contributed by atoms with Gasteiger partial charge in [-0.1, -0.05) is 6.07 Å². The summed E-state index contributed by atoms with van der Waals surface area (Å²) in [6.07, 6.45) is -0.553. The number of rotatable bonds is 6. The molecule has 7 nitrogen and oxygen atoms in total. The van der Waals surface area contributed by atoms with Crippen LogP contribution in [-0.2, 0) is 9.47 Å². The van der Waals surface area contributed by atoms with E-state index in [4.69, 9.17) is 9.47 Å². The quantitative estimate of drug-likeness (QED) is 0.476. The van der Waals surface area contributed by atoms with E-state index in [-0.39, 0.29) is 17.8 Å². The largest absolute Gasteiger partial charge is 0.354 e. The summed E-state index contributed by atoms with van der Waals surface area (Å²) >= 11 is 0. The van der Waals surface area contributed by atoms with Gasteiger partial charge in [-0.15, -0.1) is 0 Å². The van der Waals surface area contributed by atoms with Gasteiger partial charge in [-0.05, 0) is 13.0 Å². The maximum atomic E-state index is 11.9. The van der Waals surface area contributed by atoms with Gasteiger partial charge in [-0.3, -0.25) is 14.9 Å². The Bertz CT molecular complexity index is 471. The molecule has 0 saturated carbocycles. The Balaban J connectivity index is 2.83. The Morgan fingerprint density at radius 1 is 1.42 bits per heavy atom. The lowest BCUT2D eigenvalue weighted by Gasteiger charge is -2.14. The van der Waals surface area contributed by atoms with E-state index in [1.165, 1.54) is 39.3 Å².